The van der Waals surface area contributed by atoms with Crippen LogP contribution in [0.4, 0.5) is 8.78 Å². The molecule has 0 spiro atoms. The summed E-state index contributed by atoms with van der Waals surface area (Å²) >= 11 is 0. The summed E-state index contributed by atoms with van der Waals surface area (Å²) in [6.45, 7) is 0.0477. The summed E-state index contributed by atoms with van der Waals surface area (Å²) in [4.78, 5) is 30.2. The van der Waals surface area contributed by atoms with Crippen LogP contribution in [0.2, 0.25) is 0 Å². The van der Waals surface area contributed by atoms with Crippen LogP contribution in [0.15, 0.2) is 70.2 Å². The Bertz CT molecular complexity index is 1240. The number of pyridine rings is 1. The minimum absolute atomic E-state index is 0.00804. The maximum Gasteiger partial charge on any atom is 0.263 e. The number of rotatable bonds is 5. The molecule has 5 rings (SSSR count). The van der Waals surface area contributed by atoms with Crippen molar-refractivity contribution in [2.75, 3.05) is 0 Å². The van der Waals surface area contributed by atoms with Crippen molar-refractivity contribution in [2.45, 2.75) is 44.4 Å². The molecule has 0 bridgehead atoms. The number of carbonyl (C=O) groups excluding carboxylic acids is 1. The molecule has 3 aliphatic rings. The number of nitrogens with zero attached hydrogens (tertiary/aromatic N) is 2. The van der Waals surface area contributed by atoms with Gasteiger partial charge in [0.25, 0.3) is 11.5 Å². The van der Waals surface area contributed by atoms with Crippen LogP contribution in [0.5, 0.6) is 0 Å². The molecule has 8 heteroatoms. The van der Waals surface area contributed by atoms with Crippen LogP contribution in [-0.2, 0) is 6.54 Å². The molecule has 34 heavy (non-hydrogen) atoms. The molecule has 0 radical (unpaired) electrons. The third-order valence-corrected chi connectivity index (χ3v) is 6.93. The number of carbonyl (C=O) groups is 1. The van der Waals surface area contributed by atoms with Crippen LogP contribution in [0, 0.1) is 23.5 Å². The highest BCUT2D eigenvalue weighted by atomic mass is 19.2. The van der Waals surface area contributed by atoms with E-state index in [0.29, 0.717) is 17.4 Å². The van der Waals surface area contributed by atoms with Gasteiger partial charge in [0.05, 0.1) is 6.54 Å². The molecule has 2 atom stereocenters. The number of allylic oxidation sites excluding steroid dienone is 1. The first-order valence-electron chi connectivity index (χ1n) is 11.6. The van der Waals surface area contributed by atoms with Crippen molar-refractivity contribution in [3.05, 3.63) is 93.6 Å². The molecule has 1 fully saturated rings. The number of hydrogen-bond acceptors (Lipinski definition) is 4. The third kappa shape index (κ3) is 4.44. The lowest BCUT2D eigenvalue weighted by molar-refractivity contribution is 0.0921. The van der Waals surface area contributed by atoms with Crippen LogP contribution in [0.25, 0.3) is 0 Å². The van der Waals surface area contributed by atoms with Gasteiger partial charge in [0, 0.05) is 24.4 Å². The largest absolute Gasteiger partial charge is 0.369 e. The predicted octanol–water partition coefficient (Wildman–Crippen LogP) is 3.53. The summed E-state index contributed by atoms with van der Waals surface area (Å²) in [5, 5.41) is 6.36. The van der Waals surface area contributed by atoms with E-state index >= 15 is 0 Å². The van der Waals surface area contributed by atoms with Crippen molar-refractivity contribution < 1.29 is 13.6 Å². The summed E-state index contributed by atoms with van der Waals surface area (Å²) in [6, 6.07) is 6.62. The number of amides is 1. The Morgan fingerprint density at radius 3 is 2.76 bits per heavy atom. The number of aromatic nitrogens is 1. The molecule has 2 unspecified atom stereocenters. The maximum atomic E-state index is 13.5. The van der Waals surface area contributed by atoms with Gasteiger partial charge in [0.1, 0.15) is 11.7 Å². The molecule has 2 N–H and O–H groups in total. The molecule has 176 valence electrons. The van der Waals surface area contributed by atoms with Gasteiger partial charge in [-0.25, -0.2) is 8.78 Å². The number of benzene rings is 1. The van der Waals surface area contributed by atoms with Gasteiger partial charge in [0.2, 0.25) is 0 Å². The third-order valence-electron chi connectivity index (χ3n) is 6.93. The molecule has 1 aliphatic carbocycles. The van der Waals surface area contributed by atoms with E-state index < -0.39 is 23.1 Å². The lowest BCUT2D eigenvalue weighted by Crippen LogP contribution is -2.41. The second-order valence-corrected chi connectivity index (χ2v) is 9.09. The summed E-state index contributed by atoms with van der Waals surface area (Å²) in [6.07, 6.45) is 13.4. The molecule has 0 saturated heterocycles. The monoisotopic (exact) mass is 464 g/mol. The first-order valence-corrected chi connectivity index (χ1v) is 11.6. The Morgan fingerprint density at radius 2 is 1.97 bits per heavy atom. The van der Waals surface area contributed by atoms with Crippen LogP contribution >= 0.6 is 0 Å². The Labute approximate surface area is 196 Å². The zero-order valence-corrected chi connectivity index (χ0v) is 18.6. The van der Waals surface area contributed by atoms with E-state index in [1.807, 2.05) is 12.3 Å². The van der Waals surface area contributed by atoms with Crippen LogP contribution in [-0.4, -0.2) is 28.9 Å². The standard InChI is InChI=1S/C26H26F2N4O2/c27-22-10-5-16(13-23(22)28)15-32-12-2-4-20(26(32)34)25(33)31-18-8-6-17(7-9-18)21-14-30-24-19(21)3-1-11-29-24/h1-5,10-14,17-19,24,30H,6-9,15H2,(H,31,33). The second-order valence-electron chi connectivity index (χ2n) is 9.09. The minimum atomic E-state index is -0.970. The number of halogens is 2. The number of fused-ring (bicyclic) bond motifs is 1. The average Bonchev–Trinajstić information content (AvgIpc) is 3.27. The topological polar surface area (TPSA) is 75.5 Å². The maximum absolute atomic E-state index is 13.5. The minimum Gasteiger partial charge on any atom is -0.369 e. The van der Waals surface area contributed by atoms with Crippen molar-refractivity contribution in [1.29, 1.82) is 0 Å². The fraction of sp³-hybridized carbons (Fsp3) is 0.346. The van der Waals surface area contributed by atoms with Gasteiger partial charge in [-0.3, -0.25) is 14.6 Å². The molecule has 1 aromatic heterocycles. The van der Waals surface area contributed by atoms with Gasteiger partial charge in [-0.15, -0.1) is 0 Å². The lowest BCUT2D eigenvalue weighted by Gasteiger charge is -2.32. The second kappa shape index (κ2) is 9.37. The summed E-state index contributed by atoms with van der Waals surface area (Å²) in [7, 11) is 0. The highest BCUT2D eigenvalue weighted by Gasteiger charge is 2.35. The van der Waals surface area contributed by atoms with Crippen molar-refractivity contribution in [3.63, 3.8) is 0 Å². The van der Waals surface area contributed by atoms with E-state index in [1.165, 1.54) is 28.5 Å². The van der Waals surface area contributed by atoms with Gasteiger partial charge >= 0.3 is 0 Å². The SMILES string of the molecule is O=C(NC1CCC(C2=CNC3N=CC=CC23)CC1)c1cccn(Cc2ccc(F)c(F)c2)c1=O. The molecule has 1 saturated carbocycles. The van der Waals surface area contributed by atoms with Crippen LogP contribution < -0.4 is 16.2 Å². The number of nitrogens with one attached hydrogen (secondary N) is 2. The predicted molar refractivity (Wildman–Crippen MR) is 126 cm³/mol. The summed E-state index contributed by atoms with van der Waals surface area (Å²) in [5.74, 6) is -1.55. The van der Waals surface area contributed by atoms with E-state index in [0.717, 1.165) is 37.8 Å². The summed E-state index contributed by atoms with van der Waals surface area (Å²) < 4.78 is 28.0. The van der Waals surface area contributed by atoms with Crippen molar-refractivity contribution in [1.82, 2.24) is 15.2 Å². The van der Waals surface area contributed by atoms with Crippen molar-refractivity contribution in [2.24, 2.45) is 16.8 Å². The molecule has 2 aliphatic heterocycles. The highest BCUT2D eigenvalue weighted by Crippen LogP contribution is 2.38. The van der Waals surface area contributed by atoms with E-state index in [-0.39, 0.29) is 24.3 Å². The molecule has 3 heterocycles. The van der Waals surface area contributed by atoms with Gasteiger partial charge in [0.15, 0.2) is 11.6 Å². The Hall–Kier alpha value is -3.55. The molecular weight excluding hydrogens is 438 g/mol. The van der Waals surface area contributed by atoms with E-state index in [9.17, 15) is 18.4 Å². The zero-order chi connectivity index (χ0) is 23.7. The fourth-order valence-electron chi connectivity index (χ4n) is 5.12. The first-order chi connectivity index (χ1) is 16.5. The number of aliphatic imine (C=N–C) groups is 1. The zero-order valence-electron chi connectivity index (χ0n) is 18.6. The average molecular weight is 465 g/mol. The van der Waals surface area contributed by atoms with Crippen LogP contribution in [0.1, 0.15) is 41.6 Å². The van der Waals surface area contributed by atoms with Gasteiger partial charge in [-0.2, -0.15) is 0 Å². The Morgan fingerprint density at radius 1 is 1.15 bits per heavy atom. The van der Waals surface area contributed by atoms with Crippen molar-refractivity contribution in [3.8, 4) is 0 Å². The Balaban J connectivity index is 1.20. The van der Waals surface area contributed by atoms with E-state index in [1.54, 1.807) is 6.07 Å². The quantitative estimate of drug-likeness (QED) is 0.711. The molecular formula is C26H26F2N4O2. The van der Waals surface area contributed by atoms with Gasteiger partial charge in [-0.1, -0.05) is 12.1 Å². The molecule has 1 amide bonds. The Kier molecular flexibility index (Phi) is 6.13. The van der Waals surface area contributed by atoms with E-state index in [2.05, 4.69) is 27.9 Å². The number of hydrogen-bond donors (Lipinski definition) is 2. The smallest absolute Gasteiger partial charge is 0.263 e. The summed E-state index contributed by atoms with van der Waals surface area (Å²) in [5.41, 5.74) is 1.40. The van der Waals surface area contributed by atoms with E-state index in [4.69, 9.17) is 0 Å². The van der Waals surface area contributed by atoms with Crippen molar-refractivity contribution >= 4 is 12.1 Å². The van der Waals surface area contributed by atoms with Crippen LogP contribution in [0.3, 0.4) is 0 Å². The lowest BCUT2D eigenvalue weighted by atomic mass is 9.77. The van der Waals surface area contributed by atoms with Gasteiger partial charge < -0.3 is 15.2 Å². The molecule has 6 nitrogen and oxygen atoms in total. The first kappa shape index (κ1) is 22.3. The normalized spacial score (nSPS) is 25.4. The van der Waals surface area contributed by atoms with Gasteiger partial charge in [-0.05, 0) is 79.3 Å². The molecule has 2 aromatic rings. The number of dihydropyridines is 1. The highest BCUT2D eigenvalue weighted by molar-refractivity contribution is 5.94. The molecule has 1 aromatic carbocycles. The fourth-order valence-corrected chi connectivity index (χ4v) is 5.12.